The van der Waals surface area contributed by atoms with E-state index in [4.69, 9.17) is 0 Å². The molecule has 0 amide bonds. The van der Waals surface area contributed by atoms with Crippen molar-refractivity contribution in [3.8, 4) is 0 Å². The highest BCUT2D eigenvalue weighted by molar-refractivity contribution is 4.87. The van der Waals surface area contributed by atoms with E-state index >= 15 is 0 Å². The van der Waals surface area contributed by atoms with Crippen LogP contribution >= 0.6 is 0 Å². The number of likely N-dealkylation sites (N-methyl/N-ethyl adjacent to an activating group) is 1. The van der Waals surface area contributed by atoms with Gasteiger partial charge in [0.2, 0.25) is 0 Å². The lowest BCUT2D eigenvalue weighted by atomic mass is 9.97. The lowest BCUT2D eigenvalue weighted by molar-refractivity contribution is 0.226. The lowest BCUT2D eigenvalue weighted by Gasteiger charge is -2.29. The topological polar surface area (TPSA) is 15.3 Å². The van der Waals surface area contributed by atoms with Crippen LogP contribution in [0.3, 0.4) is 0 Å². The molecule has 1 N–H and O–H groups in total. The van der Waals surface area contributed by atoms with Crippen molar-refractivity contribution in [2.45, 2.75) is 18.9 Å². The van der Waals surface area contributed by atoms with E-state index in [1.54, 1.807) is 0 Å². The summed E-state index contributed by atoms with van der Waals surface area (Å²) < 4.78 is 0. The Morgan fingerprint density at radius 3 is 3.00 bits per heavy atom. The van der Waals surface area contributed by atoms with E-state index in [9.17, 15) is 0 Å². The minimum atomic E-state index is 0.779. The van der Waals surface area contributed by atoms with Crippen LogP contribution in [0.1, 0.15) is 12.8 Å². The van der Waals surface area contributed by atoms with E-state index in [2.05, 4.69) is 17.3 Å². The van der Waals surface area contributed by atoms with Crippen molar-refractivity contribution in [2.24, 2.45) is 5.92 Å². The predicted molar refractivity (Wildman–Crippen MR) is 42.0 cm³/mol. The maximum absolute atomic E-state index is 3.36. The average Bonchev–Trinajstić information content (AvgIpc) is 2.30. The van der Waals surface area contributed by atoms with Gasteiger partial charge in [-0.05, 0) is 32.4 Å². The molecule has 2 aliphatic rings. The molecule has 3 unspecified atom stereocenters. The fraction of sp³-hybridized carbons (Fsp3) is 1.00. The van der Waals surface area contributed by atoms with Crippen LogP contribution in [-0.2, 0) is 0 Å². The maximum Gasteiger partial charge on any atom is 0.0195 e. The van der Waals surface area contributed by atoms with Crippen molar-refractivity contribution >= 4 is 0 Å². The zero-order valence-electron chi connectivity index (χ0n) is 6.64. The molecule has 2 aliphatic heterocycles. The van der Waals surface area contributed by atoms with Gasteiger partial charge in [-0.1, -0.05) is 0 Å². The third-order valence-corrected chi connectivity index (χ3v) is 2.87. The van der Waals surface area contributed by atoms with E-state index in [1.165, 1.54) is 32.5 Å². The number of nitrogens with one attached hydrogen (secondary N) is 1. The summed E-state index contributed by atoms with van der Waals surface area (Å²) >= 11 is 0. The van der Waals surface area contributed by atoms with Crippen LogP contribution in [-0.4, -0.2) is 37.6 Å². The molecule has 10 heavy (non-hydrogen) atoms. The van der Waals surface area contributed by atoms with Gasteiger partial charge < -0.3 is 10.2 Å². The van der Waals surface area contributed by atoms with Crippen molar-refractivity contribution in [3.05, 3.63) is 0 Å². The Kier molecular flexibility index (Phi) is 1.66. The number of nitrogens with zero attached hydrogens (tertiary/aromatic N) is 1. The van der Waals surface area contributed by atoms with Gasteiger partial charge in [-0.3, -0.25) is 0 Å². The summed E-state index contributed by atoms with van der Waals surface area (Å²) in [5.41, 5.74) is 0. The number of hydrogen-bond acceptors (Lipinski definition) is 2. The largest absolute Gasteiger partial charge is 0.316 e. The standard InChI is InChI=1S/C8H16N2/c1-9-8-4-7-2-3-10(5-7)6-8/h7-9H,2-6H2,1H3. The van der Waals surface area contributed by atoms with Crippen LogP contribution in [0.5, 0.6) is 0 Å². The highest BCUT2D eigenvalue weighted by Gasteiger charge is 2.31. The summed E-state index contributed by atoms with van der Waals surface area (Å²) in [6.45, 7) is 4.01. The van der Waals surface area contributed by atoms with Crippen molar-refractivity contribution in [2.75, 3.05) is 26.7 Å². The van der Waals surface area contributed by atoms with Gasteiger partial charge in [0.15, 0.2) is 0 Å². The molecule has 0 spiro atoms. The van der Waals surface area contributed by atoms with Gasteiger partial charge in [-0.15, -0.1) is 0 Å². The van der Waals surface area contributed by atoms with Crippen LogP contribution in [0.4, 0.5) is 0 Å². The van der Waals surface area contributed by atoms with E-state index in [1.807, 2.05) is 0 Å². The highest BCUT2D eigenvalue weighted by atomic mass is 15.2. The summed E-state index contributed by atoms with van der Waals surface area (Å²) in [6, 6.07) is 0.779. The van der Waals surface area contributed by atoms with Gasteiger partial charge in [-0.25, -0.2) is 0 Å². The molecule has 0 aromatic carbocycles. The lowest BCUT2D eigenvalue weighted by Crippen LogP contribution is -2.43. The first kappa shape index (κ1) is 6.62. The molecular weight excluding hydrogens is 124 g/mol. The number of piperidine rings is 1. The Hall–Kier alpha value is -0.0800. The van der Waals surface area contributed by atoms with Crippen LogP contribution < -0.4 is 5.32 Å². The number of hydrogen-bond donors (Lipinski definition) is 1. The summed E-state index contributed by atoms with van der Waals surface area (Å²) in [5.74, 6) is 1.01. The molecular formula is C8H16N2. The van der Waals surface area contributed by atoms with Crippen LogP contribution in [0.25, 0.3) is 0 Å². The zero-order valence-corrected chi connectivity index (χ0v) is 6.64. The SMILES string of the molecule is CNC1CC2CCN(C2)C1. The second-order valence-corrected chi connectivity index (χ2v) is 3.64. The number of rotatable bonds is 1. The molecule has 58 valence electrons. The van der Waals surface area contributed by atoms with E-state index in [0.29, 0.717) is 0 Å². The fourth-order valence-electron chi connectivity index (χ4n) is 2.27. The fourth-order valence-corrected chi connectivity index (χ4v) is 2.27. The normalized spacial score (nSPS) is 45.9. The van der Waals surface area contributed by atoms with Gasteiger partial charge >= 0.3 is 0 Å². The molecule has 3 atom stereocenters. The maximum atomic E-state index is 3.36. The highest BCUT2D eigenvalue weighted by Crippen LogP contribution is 2.26. The molecule has 2 nitrogen and oxygen atoms in total. The molecule has 0 aromatic heterocycles. The first-order valence-corrected chi connectivity index (χ1v) is 4.28. The van der Waals surface area contributed by atoms with Crippen LogP contribution in [0.15, 0.2) is 0 Å². The van der Waals surface area contributed by atoms with Gasteiger partial charge in [0, 0.05) is 19.1 Å². The minimum absolute atomic E-state index is 0.779. The van der Waals surface area contributed by atoms with Crippen LogP contribution in [0.2, 0.25) is 0 Å². The molecule has 0 radical (unpaired) electrons. The van der Waals surface area contributed by atoms with Crippen molar-refractivity contribution in [3.63, 3.8) is 0 Å². The average molecular weight is 140 g/mol. The molecule has 2 bridgehead atoms. The Morgan fingerprint density at radius 1 is 1.40 bits per heavy atom. The van der Waals surface area contributed by atoms with E-state index < -0.39 is 0 Å². The monoisotopic (exact) mass is 140 g/mol. The second-order valence-electron chi connectivity index (χ2n) is 3.64. The van der Waals surface area contributed by atoms with Gasteiger partial charge in [0.1, 0.15) is 0 Å². The summed E-state index contributed by atoms with van der Waals surface area (Å²) in [4.78, 5) is 2.58. The first-order chi connectivity index (χ1) is 4.88. The molecule has 2 heterocycles. The third-order valence-electron chi connectivity index (χ3n) is 2.87. The molecule has 2 saturated heterocycles. The van der Waals surface area contributed by atoms with E-state index in [0.717, 1.165) is 12.0 Å². The van der Waals surface area contributed by atoms with Crippen molar-refractivity contribution < 1.29 is 0 Å². The molecule has 0 aliphatic carbocycles. The van der Waals surface area contributed by atoms with Gasteiger partial charge in [0.05, 0.1) is 0 Å². The second kappa shape index (κ2) is 2.51. The Balaban J connectivity index is 1.96. The van der Waals surface area contributed by atoms with Gasteiger partial charge in [0.25, 0.3) is 0 Å². The van der Waals surface area contributed by atoms with E-state index in [-0.39, 0.29) is 0 Å². The van der Waals surface area contributed by atoms with Crippen molar-refractivity contribution in [1.29, 1.82) is 0 Å². The Labute approximate surface area is 62.6 Å². The quantitative estimate of drug-likeness (QED) is 0.563. The molecule has 2 rings (SSSR count). The van der Waals surface area contributed by atoms with Crippen molar-refractivity contribution in [1.82, 2.24) is 10.2 Å². The Bertz CT molecular complexity index is 112. The first-order valence-electron chi connectivity index (χ1n) is 4.28. The summed E-state index contributed by atoms with van der Waals surface area (Å²) in [5, 5.41) is 3.36. The predicted octanol–water partition coefficient (Wildman–Crippen LogP) is 0.300. The minimum Gasteiger partial charge on any atom is -0.316 e. The summed E-state index contributed by atoms with van der Waals surface area (Å²) in [7, 11) is 2.08. The molecule has 2 fully saturated rings. The molecule has 0 aromatic rings. The third kappa shape index (κ3) is 1.06. The van der Waals surface area contributed by atoms with Crippen LogP contribution in [0, 0.1) is 5.92 Å². The number of fused-ring (bicyclic) bond motifs is 2. The Morgan fingerprint density at radius 2 is 2.30 bits per heavy atom. The zero-order chi connectivity index (χ0) is 6.97. The molecule has 0 saturated carbocycles. The molecule has 2 heteroatoms. The summed E-state index contributed by atoms with van der Waals surface area (Å²) in [6.07, 6.45) is 2.85. The smallest absolute Gasteiger partial charge is 0.0195 e. The van der Waals surface area contributed by atoms with Gasteiger partial charge in [-0.2, -0.15) is 0 Å².